The molecule has 6 heteroatoms. The average Bonchev–Trinajstić information content (AvgIpc) is 2.52. The van der Waals surface area contributed by atoms with E-state index in [1.807, 2.05) is 40.0 Å². The summed E-state index contributed by atoms with van der Waals surface area (Å²) in [6.45, 7) is 9.68. The van der Waals surface area contributed by atoms with Crippen molar-refractivity contribution in [3.8, 4) is 0 Å². The number of nitrogens with zero attached hydrogens (tertiary/aromatic N) is 2. The van der Waals surface area contributed by atoms with Crippen LogP contribution in [0.25, 0.3) is 10.9 Å². The molecule has 0 spiro atoms. The molecule has 1 heterocycles. The Morgan fingerprint density at radius 3 is 2.64 bits per heavy atom. The lowest BCUT2D eigenvalue weighted by molar-refractivity contribution is -0.123. The van der Waals surface area contributed by atoms with Gasteiger partial charge in [-0.1, -0.05) is 24.6 Å². The first kappa shape index (κ1) is 20.0. The van der Waals surface area contributed by atoms with Crippen LogP contribution in [0.5, 0.6) is 0 Å². The molecule has 0 saturated carbocycles. The van der Waals surface area contributed by atoms with Gasteiger partial charge < -0.3 is 5.32 Å². The zero-order chi connectivity index (χ0) is 18.6. The predicted octanol–water partition coefficient (Wildman–Crippen LogP) is 4.35. The summed E-state index contributed by atoms with van der Waals surface area (Å²) in [4.78, 5) is 19.9. The molecule has 0 fully saturated rings. The number of amides is 1. The molecule has 1 N–H and O–H groups in total. The fourth-order valence-electron chi connectivity index (χ4n) is 2.59. The van der Waals surface area contributed by atoms with Crippen LogP contribution >= 0.6 is 23.4 Å². The van der Waals surface area contributed by atoms with Gasteiger partial charge >= 0.3 is 0 Å². The Bertz CT molecular complexity index is 758. The Labute approximate surface area is 159 Å². The van der Waals surface area contributed by atoms with Gasteiger partial charge in [-0.3, -0.25) is 9.69 Å². The van der Waals surface area contributed by atoms with Crippen LogP contribution in [0.3, 0.4) is 0 Å². The SMILES string of the molecule is CCN(CC(=O)NC(C)(C)C)Cc1cc2ccc(SC)cc2nc1Cl. The summed E-state index contributed by atoms with van der Waals surface area (Å²) >= 11 is 8.08. The number of carbonyl (C=O) groups excluding carboxylic acids is 1. The van der Waals surface area contributed by atoms with E-state index < -0.39 is 0 Å². The molecule has 0 atom stereocenters. The monoisotopic (exact) mass is 379 g/mol. The van der Waals surface area contributed by atoms with E-state index in [9.17, 15) is 4.79 Å². The number of carbonyl (C=O) groups is 1. The third-order valence-corrected chi connectivity index (χ3v) is 4.83. The maximum atomic E-state index is 12.2. The van der Waals surface area contributed by atoms with Crippen molar-refractivity contribution >= 4 is 40.2 Å². The number of thioether (sulfide) groups is 1. The average molecular weight is 380 g/mol. The molecule has 0 radical (unpaired) electrons. The van der Waals surface area contributed by atoms with E-state index in [0.29, 0.717) is 18.2 Å². The molecule has 4 nitrogen and oxygen atoms in total. The maximum absolute atomic E-state index is 12.2. The number of hydrogen-bond acceptors (Lipinski definition) is 4. The molecule has 2 rings (SSSR count). The second-order valence-corrected chi connectivity index (χ2v) is 8.34. The number of rotatable bonds is 6. The number of hydrogen-bond donors (Lipinski definition) is 1. The summed E-state index contributed by atoms with van der Waals surface area (Å²) in [5.74, 6) is 0.0174. The standard InChI is InChI=1S/C19H26ClN3OS/c1-6-23(12-17(24)22-19(2,3)4)11-14-9-13-7-8-15(25-5)10-16(13)21-18(14)20/h7-10H,6,11-12H2,1-5H3,(H,22,24). The summed E-state index contributed by atoms with van der Waals surface area (Å²) < 4.78 is 0. The predicted molar refractivity (Wildman–Crippen MR) is 107 cm³/mol. The highest BCUT2D eigenvalue weighted by atomic mass is 35.5. The molecule has 0 unspecified atom stereocenters. The van der Waals surface area contributed by atoms with Crippen molar-refractivity contribution in [2.75, 3.05) is 19.3 Å². The zero-order valence-corrected chi connectivity index (χ0v) is 17.1. The van der Waals surface area contributed by atoms with Crippen molar-refractivity contribution in [2.45, 2.75) is 44.7 Å². The fraction of sp³-hybridized carbons (Fsp3) is 0.474. The normalized spacial score (nSPS) is 12.0. The fourth-order valence-corrected chi connectivity index (χ4v) is 3.23. The molecule has 25 heavy (non-hydrogen) atoms. The van der Waals surface area contributed by atoms with Gasteiger partial charge in [0.05, 0.1) is 12.1 Å². The molecule has 1 aromatic carbocycles. The lowest BCUT2D eigenvalue weighted by Gasteiger charge is -2.25. The number of likely N-dealkylation sites (N-methyl/N-ethyl adjacent to an activating group) is 1. The van der Waals surface area contributed by atoms with Crippen LogP contribution in [-0.2, 0) is 11.3 Å². The number of halogens is 1. The molecular formula is C19H26ClN3OS. The van der Waals surface area contributed by atoms with E-state index in [-0.39, 0.29) is 11.4 Å². The molecule has 0 aliphatic heterocycles. The highest BCUT2D eigenvalue weighted by Crippen LogP contribution is 2.25. The van der Waals surface area contributed by atoms with E-state index in [2.05, 4.69) is 33.4 Å². The van der Waals surface area contributed by atoms with Crippen LogP contribution in [0.1, 0.15) is 33.3 Å². The Morgan fingerprint density at radius 2 is 2.04 bits per heavy atom. The minimum absolute atomic E-state index is 0.0174. The minimum Gasteiger partial charge on any atom is -0.350 e. The number of nitrogens with one attached hydrogen (secondary N) is 1. The highest BCUT2D eigenvalue weighted by Gasteiger charge is 2.17. The topological polar surface area (TPSA) is 45.2 Å². The van der Waals surface area contributed by atoms with Gasteiger partial charge in [0.2, 0.25) is 5.91 Å². The number of pyridine rings is 1. The Hall–Kier alpha value is -1.30. The van der Waals surface area contributed by atoms with E-state index in [0.717, 1.165) is 27.9 Å². The first-order valence-corrected chi connectivity index (χ1v) is 9.98. The maximum Gasteiger partial charge on any atom is 0.234 e. The Balaban J connectivity index is 2.16. The number of fused-ring (bicyclic) bond motifs is 1. The van der Waals surface area contributed by atoms with Crippen molar-refractivity contribution in [2.24, 2.45) is 0 Å². The lowest BCUT2D eigenvalue weighted by atomic mass is 10.1. The minimum atomic E-state index is -0.229. The molecule has 1 aromatic heterocycles. The van der Waals surface area contributed by atoms with Crippen molar-refractivity contribution in [1.82, 2.24) is 15.2 Å². The Kier molecular flexibility index (Phi) is 6.72. The molecular weight excluding hydrogens is 354 g/mol. The summed E-state index contributed by atoms with van der Waals surface area (Å²) in [6, 6.07) is 8.26. The third kappa shape index (κ3) is 5.87. The molecule has 136 valence electrons. The van der Waals surface area contributed by atoms with Crippen LogP contribution in [0, 0.1) is 0 Å². The van der Waals surface area contributed by atoms with Crippen LogP contribution < -0.4 is 5.32 Å². The van der Waals surface area contributed by atoms with Gasteiger partial charge in [0.1, 0.15) is 5.15 Å². The van der Waals surface area contributed by atoms with Crippen LogP contribution in [-0.4, -0.2) is 40.7 Å². The first-order valence-electron chi connectivity index (χ1n) is 8.38. The molecule has 2 aromatic rings. The lowest BCUT2D eigenvalue weighted by Crippen LogP contribution is -2.45. The van der Waals surface area contributed by atoms with Crippen molar-refractivity contribution < 1.29 is 4.79 Å². The van der Waals surface area contributed by atoms with Crippen LogP contribution in [0.15, 0.2) is 29.2 Å². The third-order valence-electron chi connectivity index (χ3n) is 3.77. The van der Waals surface area contributed by atoms with Gasteiger partial charge in [-0.05, 0) is 51.8 Å². The smallest absolute Gasteiger partial charge is 0.234 e. The van der Waals surface area contributed by atoms with Crippen LogP contribution in [0.2, 0.25) is 5.15 Å². The first-order chi connectivity index (χ1) is 11.7. The summed E-state index contributed by atoms with van der Waals surface area (Å²) in [7, 11) is 0. The van der Waals surface area contributed by atoms with Gasteiger partial charge in [0.15, 0.2) is 0 Å². The molecule has 0 aliphatic rings. The van der Waals surface area contributed by atoms with Gasteiger partial charge in [-0.2, -0.15) is 0 Å². The second kappa shape index (κ2) is 8.39. The van der Waals surface area contributed by atoms with Gasteiger partial charge in [-0.25, -0.2) is 4.98 Å². The highest BCUT2D eigenvalue weighted by molar-refractivity contribution is 7.98. The Morgan fingerprint density at radius 1 is 1.32 bits per heavy atom. The quantitative estimate of drug-likeness (QED) is 0.598. The molecule has 1 amide bonds. The van der Waals surface area contributed by atoms with Gasteiger partial charge in [0.25, 0.3) is 0 Å². The van der Waals surface area contributed by atoms with E-state index >= 15 is 0 Å². The number of aromatic nitrogens is 1. The van der Waals surface area contributed by atoms with Gasteiger partial charge in [-0.15, -0.1) is 11.8 Å². The van der Waals surface area contributed by atoms with Crippen molar-refractivity contribution in [3.63, 3.8) is 0 Å². The number of benzene rings is 1. The van der Waals surface area contributed by atoms with E-state index in [1.54, 1.807) is 11.8 Å². The zero-order valence-electron chi connectivity index (χ0n) is 15.5. The van der Waals surface area contributed by atoms with E-state index in [1.165, 1.54) is 0 Å². The largest absolute Gasteiger partial charge is 0.350 e. The molecule has 0 saturated heterocycles. The molecule has 0 aliphatic carbocycles. The van der Waals surface area contributed by atoms with Crippen LogP contribution in [0.4, 0.5) is 0 Å². The second-order valence-electron chi connectivity index (χ2n) is 7.10. The summed E-state index contributed by atoms with van der Waals surface area (Å²) in [5.41, 5.74) is 1.61. The van der Waals surface area contributed by atoms with Gasteiger partial charge in [0, 0.05) is 27.9 Å². The summed E-state index contributed by atoms with van der Waals surface area (Å²) in [6.07, 6.45) is 2.04. The summed E-state index contributed by atoms with van der Waals surface area (Å²) in [5, 5.41) is 4.56. The molecule has 0 bridgehead atoms. The van der Waals surface area contributed by atoms with E-state index in [4.69, 9.17) is 11.6 Å². The van der Waals surface area contributed by atoms with Crippen molar-refractivity contribution in [1.29, 1.82) is 0 Å². The van der Waals surface area contributed by atoms with Crippen molar-refractivity contribution in [3.05, 3.63) is 35.0 Å².